The maximum absolute atomic E-state index is 11.8. The monoisotopic (exact) mass is 391 g/mol. The van der Waals surface area contributed by atoms with Crippen LogP contribution in [0.15, 0.2) is 40.8 Å². The molecule has 8 heteroatoms. The van der Waals surface area contributed by atoms with Gasteiger partial charge in [0, 0.05) is 6.42 Å². The molecule has 152 valence electrons. The van der Waals surface area contributed by atoms with Gasteiger partial charge >= 0.3 is 12.1 Å². The lowest BCUT2D eigenvalue weighted by molar-refractivity contribution is -0.139. The Bertz CT molecular complexity index is 790. The van der Waals surface area contributed by atoms with Gasteiger partial charge < -0.3 is 29.1 Å². The fourth-order valence-corrected chi connectivity index (χ4v) is 2.29. The first kappa shape index (κ1) is 21.1. The highest BCUT2D eigenvalue weighted by Crippen LogP contribution is 2.19. The van der Waals surface area contributed by atoms with Crippen LogP contribution in [0.3, 0.4) is 0 Å². The Labute approximate surface area is 163 Å². The molecule has 2 rings (SSSR count). The molecule has 2 aromatic rings. The Hall–Kier alpha value is -3.16. The summed E-state index contributed by atoms with van der Waals surface area (Å²) < 4.78 is 21.4. The van der Waals surface area contributed by atoms with Crippen LogP contribution in [0.4, 0.5) is 4.79 Å². The number of methoxy groups -OCH3 is 1. The van der Waals surface area contributed by atoms with E-state index in [1.54, 1.807) is 64.3 Å². The lowest BCUT2D eigenvalue weighted by atomic mass is 10.1. The van der Waals surface area contributed by atoms with Gasteiger partial charge in [0.15, 0.2) is 0 Å². The minimum atomic E-state index is -1.18. The van der Waals surface area contributed by atoms with Crippen LogP contribution in [0.1, 0.15) is 32.3 Å². The van der Waals surface area contributed by atoms with Crippen LogP contribution >= 0.6 is 0 Å². The third-order valence-corrected chi connectivity index (χ3v) is 3.55. The number of furan rings is 1. The molecule has 1 aromatic heterocycles. The fourth-order valence-electron chi connectivity index (χ4n) is 2.29. The van der Waals surface area contributed by atoms with Gasteiger partial charge in [-0.1, -0.05) is 0 Å². The zero-order valence-corrected chi connectivity index (χ0v) is 16.4. The molecule has 1 heterocycles. The van der Waals surface area contributed by atoms with Crippen molar-refractivity contribution in [3.8, 4) is 11.5 Å². The maximum atomic E-state index is 11.8. The molecule has 0 aliphatic rings. The minimum absolute atomic E-state index is 0.0168. The zero-order valence-electron chi connectivity index (χ0n) is 16.4. The molecule has 0 fully saturated rings. The van der Waals surface area contributed by atoms with Crippen molar-refractivity contribution < 1.29 is 33.3 Å². The van der Waals surface area contributed by atoms with E-state index in [1.807, 2.05) is 0 Å². The van der Waals surface area contributed by atoms with Crippen molar-refractivity contribution in [2.45, 2.75) is 45.4 Å². The van der Waals surface area contributed by atoms with Gasteiger partial charge in [0.05, 0.1) is 7.11 Å². The summed E-state index contributed by atoms with van der Waals surface area (Å²) in [7, 11) is 1.59. The average molecular weight is 391 g/mol. The molecule has 1 amide bonds. The van der Waals surface area contributed by atoms with Crippen molar-refractivity contribution in [2.24, 2.45) is 0 Å². The molecule has 0 radical (unpaired) electrons. The number of benzene rings is 1. The molecule has 0 spiro atoms. The number of rotatable bonds is 8. The molecule has 1 atom stereocenters. The van der Waals surface area contributed by atoms with Gasteiger partial charge in [0.2, 0.25) is 0 Å². The second kappa shape index (κ2) is 9.16. The first-order valence-electron chi connectivity index (χ1n) is 8.73. The van der Waals surface area contributed by atoms with Crippen LogP contribution in [0.25, 0.3) is 0 Å². The van der Waals surface area contributed by atoms with Crippen LogP contribution in [0.2, 0.25) is 0 Å². The number of nitrogens with one attached hydrogen (secondary N) is 1. The van der Waals surface area contributed by atoms with Crippen molar-refractivity contribution in [1.82, 2.24) is 5.32 Å². The Morgan fingerprint density at radius 1 is 1.07 bits per heavy atom. The van der Waals surface area contributed by atoms with Crippen LogP contribution in [-0.2, 0) is 22.6 Å². The number of alkyl carbamates (subject to hydrolysis) is 1. The first-order valence-corrected chi connectivity index (χ1v) is 8.73. The molecule has 0 bridgehead atoms. The average Bonchev–Trinajstić information content (AvgIpc) is 3.05. The Balaban J connectivity index is 1.91. The summed E-state index contributed by atoms with van der Waals surface area (Å²) in [4.78, 5) is 23.2. The number of carbonyl (C=O) groups is 2. The normalized spacial score (nSPS) is 12.1. The zero-order chi connectivity index (χ0) is 20.7. The topological polar surface area (TPSA) is 107 Å². The summed E-state index contributed by atoms with van der Waals surface area (Å²) in [6, 6.07) is 9.29. The smallest absolute Gasteiger partial charge is 0.408 e. The van der Waals surface area contributed by atoms with Crippen molar-refractivity contribution in [3.05, 3.63) is 47.9 Å². The summed E-state index contributed by atoms with van der Waals surface area (Å²) in [5.41, 5.74) is -0.718. The molecular weight excluding hydrogens is 366 g/mol. The lowest BCUT2D eigenvalue weighted by Gasteiger charge is -2.21. The van der Waals surface area contributed by atoms with E-state index in [4.69, 9.17) is 18.6 Å². The highest BCUT2D eigenvalue weighted by atomic mass is 16.6. The quantitative estimate of drug-likeness (QED) is 0.710. The SMILES string of the molecule is COc1ccc(OCc2ccc(CC(NC(=O)OC(C)(C)C)C(=O)O)o2)cc1. The van der Waals surface area contributed by atoms with Crippen LogP contribution < -0.4 is 14.8 Å². The van der Waals surface area contributed by atoms with Crippen LogP contribution in [-0.4, -0.2) is 35.9 Å². The Morgan fingerprint density at radius 2 is 1.68 bits per heavy atom. The van der Waals surface area contributed by atoms with E-state index in [-0.39, 0.29) is 13.0 Å². The Morgan fingerprint density at radius 3 is 2.25 bits per heavy atom. The molecule has 0 aliphatic carbocycles. The molecule has 1 unspecified atom stereocenters. The largest absolute Gasteiger partial charge is 0.497 e. The predicted molar refractivity (Wildman–Crippen MR) is 101 cm³/mol. The van der Waals surface area contributed by atoms with Gasteiger partial charge in [-0.3, -0.25) is 0 Å². The van der Waals surface area contributed by atoms with Crippen molar-refractivity contribution in [1.29, 1.82) is 0 Å². The second-order valence-electron chi connectivity index (χ2n) is 7.07. The molecule has 0 saturated carbocycles. The number of ether oxygens (including phenoxy) is 3. The van der Waals surface area contributed by atoms with Crippen molar-refractivity contribution in [2.75, 3.05) is 7.11 Å². The van der Waals surface area contributed by atoms with Gasteiger partial charge in [-0.15, -0.1) is 0 Å². The minimum Gasteiger partial charge on any atom is -0.497 e. The van der Waals surface area contributed by atoms with Crippen molar-refractivity contribution >= 4 is 12.1 Å². The molecule has 8 nitrogen and oxygen atoms in total. The van der Waals surface area contributed by atoms with Gasteiger partial charge in [0.1, 0.15) is 41.3 Å². The summed E-state index contributed by atoms with van der Waals surface area (Å²) in [6.07, 6.45) is -0.813. The van der Waals surface area contributed by atoms with Gasteiger partial charge in [0.25, 0.3) is 0 Å². The summed E-state index contributed by atoms with van der Waals surface area (Å²) in [6.45, 7) is 5.28. The van der Waals surface area contributed by atoms with Crippen molar-refractivity contribution in [3.63, 3.8) is 0 Å². The van der Waals surface area contributed by atoms with Crippen LogP contribution in [0.5, 0.6) is 11.5 Å². The summed E-state index contributed by atoms with van der Waals surface area (Å²) in [5.74, 6) is 1.14. The van der Waals surface area contributed by atoms with E-state index >= 15 is 0 Å². The molecule has 0 saturated heterocycles. The molecule has 28 heavy (non-hydrogen) atoms. The number of amides is 1. The summed E-state index contributed by atoms with van der Waals surface area (Å²) in [5, 5.41) is 11.7. The number of carboxylic acid groups (broad SMARTS) is 1. The van der Waals surface area contributed by atoms with Gasteiger partial charge in [-0.05, 0) is 57.2 Å². The standard InChI is InChI=1S/C20H25NO7/c1-20(2,3)28-19(24)21-17(18(22)23)11-15-9-10-16(27-15)12-26-14-7-5-13(25-4)6-8-14/h5-10,17H,11-12H2,1-4H3,(H,21,24)(H,22,23). The molecule has 0 aliphatic heterocycles. The van der Waals surface area contributed by atoms with E-state index in [9.17, 15) is 14.7 Å². The number of aliphatic carboxylic acids is 1. The highest BCUT2D eigenvalue weighted by Gasteiger charge is 2.25. The number of carbonyl (C=O) groups excluding carboxylic acids is 1. The van der Waals surface area contributed by atoms with E-state index in [2.05, 4.69) is 5.32 Å². The van der Waals surface area contributed by atoms with E-state index in [1.165, 1.54) is 0 Å². The Kier molecular flexibility index (Phi) is 6.92. The molecule has 2 N–H and O–H groups in total. The fraction of sp³-hybridized carbons (Fsp3) is 0.400. The van der Waals surface area contributed by atoms with Gasteiger partial charge in [-0.25, -0.2) is 9.59 Å². The third kappa shape index (κ3) is 6.86. The number of hydrogen-bond acceptors (Lipinski definition) is 6. The van der Waals surface area contributed by atoms with E-state index in [0.717, 1.165) is 5.75 Å². The molecular formula is C20H25NO7. The van der Waals surface area contributed by atoms with Gasteiger partial charge in [-0.2, -0.15) is 0 Å². The van der Waals surface area contributed by atoms with E-state index < -0.39 is 23.7 Å². The molecule has 1 aromatic carbocycles. The highest BCUT2D eigenvalue weighted by molar-refractivity contribution is 5.80. The predicted octanol–water partition coefficient (Wildman–Crippen LogP) is 3.39. The first-order chi connectivity index (χ1) is 13.2. The number of carboxylic acids is 1. The van der Waals surface area contributed by atoms with E-state index in [0.29, 0.717) is 17.3 Å². The maximum Gasteiger partial charge on any atom is 0.408 e. The van der Waals surface area contributed by atoms with Crippen LogP contribution in [0, 0.1) is 0 Å². The summed E-state index contributed by atoms with van der Waals surface area (Å²) >= 11 is 0. The second-order valence-corrected chi connectivity index (χ2v) is 7.07. The lowest BCUT2D eigenvalue weighted by Crippen LogP contribution is -2.44. The number of hydrogen-bond donors (Lipinski definition) is 2. The third-order valence-electron chi connectivity index (χ3n) is 3.55.